The molecule has 160 valence electrons. The molecule has 6 nitrogen and oxygen atoms in total. The summed E-state index contributed by atoms with van der Waals surface area (Å²) in [7, 11) is 0. The fourth-order valence-corrected chi connectivity index (χ4v) is 5.66. The van der Waals surface area contributed by atoms with Gasteiger partial charge >= 0.3 is 5.97 Å². The number of carbonyl (C=O) groups excluding carboxylic acids is 3. The summed E-state index contributed by atoms with van der Waals surface area (Å²) in [5.74, 6) is -2.52. The van der Waals surface area contributed by atoms with Crippen LogP contribution in [0, 0.1) is 11.8 Å². The highest BCUT2D eigenvalue weighted by Gasteiger charge is 2.77. The number of ether oxygens (including phenoxy) is 1. The van der Waals surface area contributed by atoms with Crippen LogP contribution in [0.2, 0.25) is 0 Å². The number of hydrogen-bond donors (Lipinski definition) is 1. The molecule has 3 saturated heterocycles. The zero-order valence-corrected chi connectivity index (χ0v) is 17.9. The van der Waals surface area contributed by atoms with Crippen molar-refractivity contribution in [1.29, 1.82) is 0 Å². The molecule has 4 atom stereocenters. The van der Waals surface area contributed by atoms with Crippen LogP contribution in [0.25, 0.3) is 0 Å². The molecule has 1 N–H and O–H groups in total. The van der Waals surface area contributed by atoms with Gasteiger partial charge in [-0.25, -0.2) is 4.90 Å². The van der Waals surface area contributed by atoms with E-state index in [1.54, 1.807) is 24.3 Å². The van der Waals surface area contributed by atoms with Gasteiger partial charge < -0.3 is 4.74 Å². The third kappa shape index (κ3) is 2.71. The van der Waals surface area contributed by atoms with Crippen molar-refractivity contribution in [3.63, 3.8) is 0 Å². The summed E-state index contributed by atoms with van der Waals surface area (Å²) >= 11 is 0. The van der Waals surface area contributed by atoms with Gasteiger partial charge in [0.2, 0.25) is 11.8 Å². The lowest BCUT2D eigenvalue weighted by Gasteiger charge is -2.34. The van der Waals surface area contributed by atoms with Gasteiger partial charge in [0.05, 0.1) is 23.1 Å². The zero-order valence-electron chi connectivity index (χ0n) is 17.9. The van der Waals surface area contributed by atoms with E-state index < -0.39 is 34.5 Å². The Morgan fingerprint density at radius 3 is 2.13 bits per heavy atom. The first kappa shape index (κ1) is 19.9. The molecular formula is C25H26N2O4. The molecule has 3 heterocycles. The molecule has 3 fully saturated rings. The van der Waals surface area contributed by atoms with Gasteiger partial charge in [-0.2, -0.15) is 0 Å². The van der Waals surface area contributed by atoms with Crippen molar-refractivity contribution < 1.29 is 19.1 Å². The number of anilines is 1. The van der Waals surface area contributed by atoms with Crippen molar-refractivity contribution in [2.45, 2.75) is 50.3 Å². The maximum atomic E-state index is 13.7. The molecule has 0 unspecified atom stereocenters. The number of nitrogens with zero attached hydrogens (tertiary/aromatic N) is 1. The van der Waals surface area contributed by atoms with Crippen LogP contribution in [-0.2, 0) is 24.7 Å². The largest absolute Gasteiger partial charge is 0.459 e. The minimum absolute atomic E-state index is 0.261. The molecule has 2 aromatic rings. The predicted octanol–water partition coefficient (Wildman–Crippen LogP) is 3.17. The van der Waals surface area contributed by atoms with E-state index in [1.807, 2.05) is 57.2 Å². The second kappa shape index (κ2) is 6.50. The summed E-state index contributed by atoms with van der Waals surface area (Å²) in [4.78, 5) is 42.2. The first-order valence-electron chi connectivity index (χ1n) is 10.7. The molecule has 0 aliphatic carbocycles. The molecule has 0 saturated carbocycles. The van der Waals surface area contributed by atoms with Gasteiger partial charge in [-0.05, 0) is 51.3 Å². The second-order valence-electron chi connectivity index (χ2n) is 9.74. The molecule has 3 aliphatic rings. The quantitative estimate of drug-likeness (QED) is 0.612. The van der Waals surface area contributed by atoms with E-state index in [-0.39, 0.29) is 11.8 Å². The van der Waals surface area contributed by atoms with Crippen LogP contribution in [-0.4, -0.2) is 28.9 Å². The molecule has 2 aromatic carbocycles. The summed E-state index contributed by atoms with van der Waals surface area (Å²) < 4.78 is 5.77. The standard InChI is InChI=1S/C25H26N2O4/c1-23(2,3)31-22(30)25-15-14-24(26-25,16-10-6-4-7-11-16)18-19(25)21(29)27(20(18)28)17-12-8-5-9-13-17/h4-13,18-19,26H,14-15H2,1-3H3/t18-,19+,24+,25+/m1/s1. The molecule has 31 heavy (non-hydrogen) atoms. The number of nitrogens with one attached hydrogen (secondary N) is 1. The third-order valence-corrected chi connectivity index (χ3v) is 6.79. The smallest absolute Gasteiger partial charge is 0.327 e. The Bertz CT molecular complexity index is 1060. The lowest BCUT2D eigenvalue weighted by Crippen LogP contribution is -2.56. The van der Waals surface area contributed by atoms with Crippen molar-refractivity contribution in [2.75, 3.05) is 4.90 Å². The maximum Gasteiger partial charge on any atom is 0.327 e. The Morgan fingerprint density at radius 2 is 1.52 bits per heavy atom. The minimum Gasteiger partial charge on any atom is -0.459 e. The zero-order chi connectivity index (χ0) is 22.0. The Kier molecular flexibility index (Phi) is 4.18. The molecule has 0 spiro atoms. The lowest BCUT2D eigenvalue weighted by atomic mass is 9.65. The first-order chi connectivity index (χ1) is 14.7. The van der Waals surface area contributed by atoms with E-state index in [2.05, 4.69) is 5.32 Å². The molecule has 2 amide bonds. The van der Waals surface area contributed by atoms with Gasteiger partial charge in [0, 0.05) is 0 Å². The van der Waals surface area contributed by atoms with Crippen molar-refractivity contribution in [3.05, 3.63) is 66.2 Å². The third-order valence-electron chi connectivity index (χ3n) is 6.79. The van der Waals surface area contributed by atoms with Gasteiger partial charge in [0.1, 0.15) is 11.1 Å². The average molecular weight is 418 g/mol. The van der Waals surface area contributed by atoms with Crippen molar-refractivity contribution in [1.82, 2.24) is 5.32 Å². The molecule has 0 aromatic heterocycles. The lowest BCUT2D eigenvalue weighted by molar-refractivity contribution is -0.165. The van der Waals surface area contributed by atoms with Crippen LogP contribution in [0.3, 0.4) is 0 Å². The highest BCUT2D eigenvalue weighted by Crippen LogP contribution is 2.61. The van der Waals surface area contributed by atoms with Gasteiger partial charge in [0.25, 0.3) is 0 Å². The van der Waals surface area contributed by atoms with Crippen LogP contribution in [0.15, 0.2) is 60.7 Å². The highest BCUT2D eigenvalue weighted by atomic mass is 16.6. The number of carbonyl (C=O) groups is 3. The van der Waals surface area contributed by atoms with Gasteiger partial charge in [-0.15, -0.1) is 0 Å². The number of imide groups is 1. The van der Waals surface area contributed by atoms with Crippen molar-refractivity contribution >= 4 is 23.5 Å². The SMILES string of the molecule is CC(C)(C)OC(=O)[C@@]12CC[C@@](c3ccccc3)(N1)[C@H]1C(=O)N(c3ccccc3)C(=O)[C@H]12. The van der Waals surface area contributed by atoms with E-state index in [9.17, 15) is 14.4 Å². The molecule has 2 bridgehead atoms. The summed E-state index contributed by atoms with van der Waals surface area (Å²) in [6.07, 6.45) is 1.03. The predicted molar refractivity (Wildman–Crippen MR) is 115 cm³/mol. The summed E-state index contributed by atoms with van der Waals surface area (Å²) in [6, 6.07) is 18.6. The Morgan fingerprint density at radius 1 is 0.935 bits per heavy atom. The fourth-order valence-electron chi connectivity index (χ4n) is 5.66. The molecular weight excluding hydrogens is 392 g/mol. The normalized spacial score (nSPS) is 31.8. The molecule has 6 heteroatoms. The Labute approximate surface area is 181 Å². The van der Waals surface area contributed by atoms with Crippen LogP contribution >= 0.6 is 0 Å². The number of rotatable bonds is 3. The number of amides is 2. The van der Waals surface area contributed by atoms with E-state index >= 15 is 0 Å². The monoisotopic (exact) mass is 418 g/mol. The number of para-hydroxylation sites is 1. The van der Waals surface area contributed by atoms with Crippen LogP contribution in [0.1, 0.15) is 39.2 Å². The van der Waals surface area contributed by atoms with Crippen LogP contribution in [0.5, 0.6) is 0 Å². The fraction of sp³-hybridized carbons (Fsp3) is 0.400. The molecule has 0 radical (unpaired) electrons. The van der Waals surface area contributed by atoms with E-state index in [0.29, 0.717) is 18.5 Å². The Hall–Kier alpha value is -2.99. The van der Waals surface area contributed by atoms with E-state index in [1.165, 1.54) is 4.90 Å². The van der Waals surface area contributed by atoms with Crippen LogP contribution in [0.4, 0.5) is 5.69 Å². The molecule has 5 rings (SSSR count). The maximum absolute atomic E-state index is 13.7. The minimum atomic E-state index is -1.22. The topological polar surface area (TPSA) is 75.7 Å². The van der Waals surface area contributed by atoms with Gasteiger partial charge in [0.15, 0.2) is 0 Å². The van der Waals surface area contributed by atoms with E-state index in [4.69, 9.17) is 4.74 Å². The van der Waals surface area contributed by atoms with Crippen molar-refractivity contribution in [3.8, 4) is 0 Å². The Balaban J connectivity index is 1.66. The van der Waals surface area contributed by atoms with Gasteiger partial charge in [-0.1, -0.05) is 48.5 Å². The number of fused-ring (bicyclic) bond motifs is 5. The second-order valence-corrected chi connectivity index (χ2v) is 9.74. The number of hydrogen-bond acceptors (Lipinski definition) is 5. The van der Waals surface area contributed by atoms with Crippen molar-refractivity contribution in [2.24, 2.45) is 11.8 Å². The average Bonchev–Trinajstić information content (AvgIpc) is 3.37. The highest BCUT2D eigenvalue weighted by molar-refractivity contribution is 6.24. The first-order valence-corrected chi connectivity index (χ1v) is 10.7. The van der Waals surface area contributed by atoms with Gasteiger partial charge in [-0.3, -0.25) is 19.7 Å². The summed E-state index contributed by atoms with van der Waals surface area (Å²) in [6.45, 7) is 5.43. The number of esters is 1. The summed E-state index contributed by atoms with van der Waals surface area (Å²) in [5.41, 5.74) is -1.24. The molecule has 3 aliphatic heterocycles. The van der Waals surface area contributed by atoms with E-state index in [0.717, 1.165) is 5.56 Å². The number of benzene rings is 2. The summed E-state index contributed by atoms with van der Waals surface area (Å²) in [5, 5.41) is 3.49. The van der Waals surface area contributed by atoms with Crippen LogP contribution < -0.4 is 10.2 Å².